The number of aromatic nitrogens is 1. The van der Waals surface area contributed by atoms with Gasteiger partial charge in [-0.15, -0.1) is 0 Å². The minimum absolute atomic E-state index is 0.0841. The molecule has 2 rings (SSSR count). The van der Waals surface area contributed by atoms with Gasteiger partial charge in [-0.2, -0.15) is 5.26 Å². The van der Waals surface area contributed by atoms with Gasteiger partial charge in [0.2, 0.25) is 0 Å². The van der Waals surface area contributed by atoms with Crippen LogP contribution in [0.4, 0.5) is 8.78 Å². The van der Waals surface area contributed by atoms with Gasteiger partial charge in [0.25, 0.3) is 0 Å². The summed E-state index contributed by atoms with van der Waals surface area (Å²) < 4.78 is 26.7. The van der Waals surface area contributed by atoms with E-state index in [1.807, 2.05) is 6.07 Å². The van der Waals surface area contributed by atoms with Crippen molar-refractivity contribution in [3.8, 4) is 6.07 Å². The van der Waals surface area contributed by atoms with E-state index < -0.39 is 11.6 Å². The number of rotatable bonds is 0. The Morgan fingerprint density at radius 2 is 2.00 bits per heavy atom. The highest BCUT2D eigenvalue weighted by molar-refractivity contribution is 9.10. The molecule has 2 nitrogen and oxygen atoms in total. The molecule has 0 spiro atoms. The van der Waals surface area contributed by atoms with Crippen LogP contribution in [0.1, 0.15) is 5.56 Å². The number of hydrogen-bond acceptors (Lipinski definition) is 2. The number of fused-ring (bicyclic) bond motifs is 1. The molecule has 0 bridgehead atoms. The first-order valence-corrected chi connectivity index (χ1v) is 4.75. The van der Waals surface area contributed by atoms with Crippen LogP contribution in [-0.2, 0) is 0 Å². The van der Waals surface area contributed by atoms with Crippen molar-refractivity contribution in [3.63, 3.8) is 0 Å². The van der Waals surface area contributed by atoms with Crippen molar-refractivity contribution in [2.24, 2.45) is 0 Å². The zero-order chi connectivity index (χ0) is 11.0. The molecule has 1 aromatic heterocycles. The van der Waals surface area contributed by atoms with E-state index in [1.165, 1.54) is 12.4 Å². The van der Waals surface area contributed by atoms with Gasteiger partial charge in [-0.1, -0.05) is 0 Å². The number of nitrogens with zero attached hydrogens (tertiary/aromatic N) is 2. The predicted octanol–water partition coefficient (Wildman–Crippen LogP) is 3.15. The monoisotopic (exact) mass is 268 g/mol. The van der Waals surface area contributed by atoms with Crippen LogP contribution in [0.2, 0.25) is 0 Å². The van der Waals surface area contributed by atoms with Crippen LogP contribution in [-0.4, -0.2) is 4.98 Å². The fourth-order valence-electron chi connectivity index (χ4n) is 1.34. The minimum Gasteiger partial charge on any atom is -0.263 e. The van der Waals surface area contributed by atoms with E-state index >= 15 is 0 Å². The smallest absolute Gasteiger partial charge is 0.141 e. The van der Waals surface area contributed by atoms with E-state index in [-0.39, 0.29) is 20.8 Å². The first kappa shape index (κ1) is 9.99. The molecule has 2 aromatic rings. The van der Waals surface area contributed by atoms with Gasteiger partial charge in [-0.25, -0.2) is 8.78 Å². The van der Waals surface area contributed by atoms with Gasteiger partial charge in [0.05, 0.1) is 10.0 Å². The van der Waals surface area contributed by atoms with Crippen LogP contribution < -0.4 is 0 Å². The Morgan fingerprint density at radius 1 is 1.27 bits per heavy atom. The van der Waals surface area contributed by atoms with Gasteiger partial charge in [-0.3, -0.25) is 4.98 Å². The number of benzene rings is 1. The topological polar surface area (TPSA) is 36.7 Å². The number of halogens is 3. The van der Waals surface area contributed by atoms with E-state index in [0.717, 1.165) is 6.07 Å². The zero-order valence-electron chi connectivity index (χ0n) is 7.26. The highest BCUT2D eigenvalue weighted by atomic mass is 79.9. The first-order valence-electron chi connectivity index (χ1n) is 3.96. The minimum atomic E-state index is -0.760. The molecular formula is C10H3BrF2N2. The Kier molecular flexibility index (Phi) is 2.37. The third-order valence-electron chi connectivity index (χ3n) is 2.00. The van der Waals surface area contributed by atoms with Gasteiger partial charge in [0.15, 0.2) is 0 Å². The highest BCUT2D eigenvalue weighted by Crippen LogP contribution is 2.30. The van der Waals surface area contributed by atoms with E-state index in [1.54, 1.807) is 0 Å². The van der Waals surface area contributed by atoms with Gasteiger partial charge < -0.3 is 0 Å². The summed E-state index contributed by atoms with van der Waals surface area (Å²) in [5.41, 5.74) is 0.0886. The van der Waals surface area contributed by atoms with Gasteiger partial charge in [-0.05, 0) is 15.9 Å². The second-order valence-electron chi connectivity index (χ2n) is 2.88. The first-order chi connectivity index (χ1) is 7.15. The molecule has 0 unspecified atom stereocenters. The fourth-order valence-corrected chi connectivity index (χ4v) is 1.76. The molecule has 0 aliphatic rings. The summed E-state index contributed by atoms with van der Waals surface area (Å²) in [6.07, 6.45) is 2.56. The molecule has 15 heavy (non-hydrogen) atoms. The Morgan fingerprint density at radius 3 is 2.67 bits per heavy atom. The van der Waals surface area contributed by atoms with Gasteiger partial charge in [0.1, 0.15) is 17.7 Å². The molecule has 1 heterocycles. The molecule has 0 fully saturated rings. The molecule has 5 heteroatoms. The third-order valence-corrected chi connectivity index (χ3v) is 2.81. The lowest BCUT2D eigenvalue weighted by atomic mass is 10.1. The number of hydrogen-bond donors (Lipinski definition) is 0. The summed E-state index contributed by atoms with van der Waals surface area (Å²) in [5, 5.41) is 9.09. The molecular weight excluding hydrogens is 266 g/mol. The average Bonchev–Trinajstić information content (AvgIpc) is 2.25. The summed E-state index contributed by atoms with van der Waals surface area (Å²) in [5.74, 6) is -1.47. The second-order valence-corrected chi connectivity index (χ2v) is 3.67. The van der Waals surface area contributed by atoms with Gasteiger partial charge >= 0.3 is 0 Å². The van der Waals surface area contributed by atoms with Crippen LogP contribution in [0.25, 0.3) is 10.8 Å². The second kappa shape index (κ2) is 3.55. The Balaban J connectivity index is 3.03. The Bertz CT molecular complexity index is 590. The van der Waals surface area contributed by atoms with Crippen molar-refractivity contribution in [3.05, 3.63) is 40.1 Å². The largest absolute Gasteiger partial charge is 0.263 e. The molecule has 0 saturated carbocycles. The summed E-state index contributed by atoms with van der Waals surface area (Å²) in [6, 6.07) is 2.56. The maximum atomic E-state index is 13.4. The van der Waals surface area contributed by atoms with Crippen LogP contribution >= 0.6 is 15.9 Å². The molecule has 0 N–H and O–H groups in total. The Hall–Kier alpha value is -1.54. The molecule has 0 atom stereocenters. The summed E-state index contributed by atoms with van der Waals surface area (Å²) >= 11 is 2.99. The lowest BCUT2D eigenvalue weighted by molar-refractivity contribution is 0.587. The normalized spacial score (nSPS) is 10.3. The number of nitriles is 1. The number of pyridine rings is 1. The van der Waals surface area contributed by atoms with Crippen LogP contribution in [0.15, 0.2) is 22.9 Å². The molecule has 0 aliphatic carbocycles. The van der Waals surface area contributed by atoms with E-state index in [0.29, 0.717) is 0 Å². The quantitative estimate of drug-likeness (QED) is 0.689. The summed E-state index contributed by atoms with van der Waals surface area (Å²) in [7, 11) is 0. The van der Waals surface area contributed by atoms with E-state index in [9.17, 15) is 8.78 Å². The van der Waals surface area contributed by atoms with Crippen molar-refractivity contribution < 1.29 is 8.78 Å². The molecule has 1 aromatic carbocycles. The summed E-state index contributed by atoms with van der Waals surface area (Å²) in [6.45, 7) is 0. The van der Waals surface area contributed by atoms with Gasteiger partial charge in [0, 0.05) is 29.2 Å². The molecule has 0 aliphatic heterocycles. The molecule has 0 amide bonds. The fraction of sp³-hybridized carbons (Fsp3) is 0. The highest BCUT2D eigenvalue weighted by Gasteiger charge is 2.13. The average molecular weight is 269 g/mol. The predicted molar refractivity (Wildman–Crippen MR) is 54.1 cm³/mol. The van der Waals surface area contributed by atoms with Crippen LogP contribution in [0.5, 0.6) is 0 Å². The molecule has 0 saturated heterocycles. The zero-order valence-corrected chi connectivity index (χ0v) is 8.85. The van der Waals surface area contributed by atoms with E-state index in [2.05, 4.69) is 20.9 Å². The van der Waals surface area contributed by atoms with Crippen molar-refractivity contribution >= 4 is 26.7 Å². The Labute approximate surface area is 92.3 Å². The van der Waals surface area contributed by atoms with Crippen molar-refractivity contribution in [1.29, 1.82) is 5.26 Å². The lowest BCUT2D eigenvalue weighted by Gasteiger charge is -2.04. The SMILES string of the molecule is N#Cc1cncc2c(Br)c(F)cc(F)c12. The summed E-state index contributed by atoms with van der Waals surface area (Å²) in [4.78, 5) is 3.74. The van der Waals surface area contributed by atoms with Crippen molar-refractivity contribution in [2.45, 2.75) is 0 Å². The molecule has 74 valence electrons. The molecule has 0 radical (unpaired) electrons. The van der Waals surface area contributed by atoms with Crippen molar-refractivity contribution in [2.75, 3.05) is 0 Å². The van der Waals surface area contributed by atoms with Crippen LogP contribution in [0, 0.1) is 23.0 Å². The van der Waals surface area contributed by atoms with Crippen LogP contribution in [0.3, 0.4) is 0 Å². The maximum Gasteiger partial charge on any atom is 0.141 e. The maximum absolute atomic E-state index is 13.4. The standard InChI is InChI=1S/C10H3BrF2N2/c11-10-6-4-15-3-5(2-14)9(6)7(12)1-8(10)13/h1,3-4H. The third kappa shape index (κ3) is 1.47. The van der Waals surface area contributed by atoms with E-state index in [4.69, 9.17) is 5.26 Å². The van der Waals surface area contributed by atoms with Crippen molar-refractivity contribution in [1.82, 2.24) is 4.98 Å². The lowest BCUT2D eigenvalue weighted by Crippen LogP contribution is -1.91.